The number of carbonyl (C=O) groups excluding carboxylic acids is 3. The number of anilines is 2. The van der Waals surface area contributed by atoms with Crippen LogP contribution in [0.5, 0.6) is 0 Å². The molecule has 0 radical (unpaired) electrons. The molecule has 9 heteroatoms. The summed E-state index contributed by atoms with van der Waals surface area (Å²) in [6, 6.07) is 24.6. The van der Waals surface area contributed by atoms with Crippen LogP contribution in [0, 0.1) is 17.8 Å². The lowest BCUT2D eigenvalue weighted by molar-refractivity contribution is -0.141. The molecule has 7 nitrogen and oxygen atoms in total. The fourth-order valence-corrected chi connectivity index (χ4v) is 10.5. The molecule has 0 aliphatic carbocycles. The van der Waals surface area contributed by atoms with E-state index < -0.39 is 28.7 Å². The Balaban J connectivity index is 1.47. The first-order valence-electron chi connectivity index (χ1n) is 16.1. The first-order chi connectivity index (χ1) is 22.8. The SMILES string of the molecule is C=CCN(C(=O)C1N([C@@H](CO)Cc2ccccc2)C(=O)[C@@H]2[C@H](C(=O)N(CC=C)c3ccccc3)[C@@H]3CC(C)C12S3)c1ccc(Cl)cc1. The number of carbonyl (C=O) groups is 3. The van der Waals surface area contributed by atoms with Gasteiger partial charge in [-0.3, -0.25) is 14.4 Å². The maximum Gasteiger partial charge on any atom is 0.251 e. The Hall–Kier alpha value is -3.85. The van der Waals surface area contributed by atoms with Crippen LogP contribution in [0.3, 0.4) is 0 Å². The molecule has 3 aromatic rings. The number of likely N-dealkylation sites (tertiary alicyclic amines) is 1. The number of nitrogens with zero attached hydrogens (tertiary/aromatic N) is 3. The van der Waals surface area contributed by atoms with E-state index in [0.717, 1.165) is 11.3 Å². The lowest BCUT2D eigenvalue weighted by Crippen LogP contribution is -2.59. The van der Waals surface area contributed by atoms with Gasteiger partial charge in [0.15, 0.2) is 0 Å². The number of benzene rings is 3. The molecule has 3 aliphatic rings. The Bertz CT molecular complexity index is 1640. The number of halogens is 1. The Morgan fingerprint density at radius 1 is 0.957 bits per heavy atom. The van der Waals surface area contributed by atoms with Crippen molar-refractivity contribution in [3.05, 3.63) is 121 Å². The monoisotopic (exact) mass is 669 g/mol. The molecule has 3 aromatic carbocycles. The predicted octanol–water partition coefficient (Wildman–Crippen LogP) is 6.02. The Morgan fingerprint density at radius 2 is 1.53 bits per heavy atom. The second-order valence-electron chi connectivity index (χ2n) is 12.6. The van der Waals surface area contributed by atoms with Gasteiger partial charge in [0, 0.05) is 34.7 Å². The minimum atomic E-state index is -0.913. The van der Waals surface area contributed by atoms with Gasteiger partial charge in [0.1, 0.15) is 6.04 Å². The highest BCUT2D eigenvalue weighted by Crippen LogP contribution is 2.69. The minimum absolute atomic E-state index is 0.0362. The van der Waals surface area contributed by atoms with Gasteiger partial charge in [-0.1, -0.05) is 79.2 Å². The maximum absolute atomic E-state index is 15.1. The van der Waals surface area contributed by atoms with E-state index >= 15 is 9.59 Å². The average Bonchev–Trinajstić information content (AvgIpc) is 3.69. The summed E-state index contributed by atoms with van der Waals surface area (Å²) < 4.78 is -0.869. The molecule has 6 rings (SSSR count). The fourth-order valence-electron chi connectivity index (χ4n) is 8.01. The van der Waals surface area contributed by atoms with Gasteiger partial charge < -0.3 is 19.8 Å². The fraction of sp³-hybridized carbons (Fsp3) is 0.342. The van der Waals surface area contributed by atoms with Crippen molar-refractivity contribution in [1.29, 1.82) is 0 Å². The molecule has 7 atom stereocenters. The summed E-state index contributed by atoms with van der Waals surface area (Å²) in [5, 5.41) is 11.3. The molecular formula is C38H40ClN3O4S. The molecule has 3 unspecified atom stereocenters. The highest BCUT2D eigenvalue weighted by molar-refractivity contribution is 8.02. The molecule has 1 N–H and O–H groups in total. The van der Waals surface area contributed by atoms with Gasteiger partial charge in [-0.25, -0.2) is 0 Å². The zero-order chi connectivity index (χ0) is 33.3. The van der Waals surface area contributed by atoms with Gasteiger partial charge in [-0.05, 0) is 60.7 Å². The highest BCUT2D eigenvalue weighted by atomic mass is 35.5. The van der Waals surface area contributed by atoms with E-state index in [1.54, 1.807) is 62.9 Å². The van der Waals surface area contributed by atoms with Gasteiger partial charge in [0.25, 0.3) is 5.91 Å². The van der Waals surface area contributed by atoms with Crippen molar-refractivity contribution in [2.75, 3.05) is 29.5 Å². The van der Waals surface area contributed by atoms with Crippen LogP contribution in [0.25, 0.3) is 0 Å². The van der Waals surface area contributed by atoms with Gasteiger partial charge in [0.2, 0.25) is 11.8 Å². The molecule has 0 saturated carbocycles. The second kappa shape index (κ2) is 13.7. The summed E-state index contributed by atoms with van der Waals surface area (Å²) >= 11 is 7.83. The van der Waals surface area contributed by atoms with Crippen LogP contribution in [0.4, 0.5) is 11.4 Å². The molecule has 47 heavy (non-hydrogen) atoms. The lowest BCUT2D eigenvalue weighted by atomic mass is 9.65. The van der Waals surface area contributed by atoms with Crippen molar-refractivity contribution in [1.82, 2.24) is 4.90 Å². The zero-order valence-corrected chi connectivity index (χ0v) is 28.0. The number of para-hydroxylation sites is 1. The van der Waals surface area contributed by atoms with Crippen LogP contribution in [0.15, 0.2) is 110 Å². The molecule has 3 heterocycles. The number of hydrogen-bond acceptors (Lipinski definition) is 5. The number of aliphatic hydroxyl groups is 1. The molecule has 3 fully saturated rings. The molecule has 3 aliphatic heterocycles. The van der Waals surface area contributed by atoms with Crippen LogP contribution in [0.1, 0.15) is 18.9 Å². The zero-order valence-electron chi connectivity index (χ0n) is 26.5. The van der Waals surface area contributed by atoms with Crippen molar-refractivity contribution in [3.63, 3.8) is 0 Å². The summed E-state index contributed by atoms with van der Waals surface area (Å²) in [5.41, 5.74) is 2.31. The third kappa shape index (κ3) is 5.70. The summed E-state index contributed by atoms with van der Waals surface area (Å²) in [4.78, 5) is 49.8. The minimum Gasteiger partial charge on any atom is -0.394 e. The molecule has 3 amide bonds. The summed E-state index contributed by atoms with van der Waals surface area (Å²) in [5.74, 6) is -2.06. The molecule has 2 bridgehead atoms. The summed E-state index contributed by atoms with van der Waals surface area (Å²) in [7, 11) is 0. The van der Waals surface area contributed by atoms with Crippen molar-refractivity contribution in [3.8, 4) is 0 Å². The number of thioether (sulfide) groups is 1. The van der Waals surface area contributed by atoms with Gasteiger partial charge in [-0.15, -0.1) is 24.9 Å². The number of hydrogen-bond donors (Lipinski definition) is 1. The molecular weight excluding hydrogens is 630 g/mol. The van der Waals surface area contributed by atoms with E-state index in [-0.39, 0.29) is 42.0 Å². The van der Waals surface area contributed by atoms with E-state index in [0.29, 0.717) is 30.1 Å². The normalized spacial score (nSPS) is 26.5. The van der Waals surface area contributed by atoms with Crippen LogP contribution in [-0.2, 0) is 20.8 Å². The van der Waals surface area contributed by atoms with Crippen LogP contribution in [-0.4, -0.2) is 69.5 Å². The van der Waals surface area contributed by atoms with Crippen molar-refractivity contribution < 1.29 is 19.5 Å². The Labute approximate surface area is 285 Å². The van der Waals surface area contributed by atoms with E-state index in [2.05, 4.69) is 20.1 Å². The smallest absolute Gasteiger partial charge is 0.251 e. The summed E-state index contributed by atoms with van der Waals surface area (Å²) in [6.45, 7) is 10.1. The molecule has 244 valence electrons. The van der Waals surface area contributed by atoms with E-state index in [9.17, 15) is 9.90 Å². The third-order valence-corrected chi connectivity index (χ3v) is 12.3. The highest BCUT2D eigenvalue weighted by Gasteiger charge is 2.77. The maximum atomic E-state index is 15.1. The quantitative estimate of drug-likeness (QED) is 0.239. The van der Waals surface area contributed by atoms with Gasteiger partial charge in [-0.2, -0.15) is 0 Å². The lowest BCUT2D eigenvalue weighted by Gasteiger charge is -2.42. The molecule has 1 spiro atoms. The predicted molar refractivity (Wildman–Crippen MR) is 190 cm³/mol. The number of rotatable bonds is 12. The largest absolute Gasteiger partial charge is 0.394 e. The summed E-state index contributed by atoms with van der Waals surface area (Å²) in [6.07, 6.45) is 4.42. The molecule has 0 aromatic heterocycles. The average molecular weight is 670 g/mol. The van der Waals surface area contributed by atoms with E-state index in [1.807, 2.05) is 60.7 Å². The van der Waals surface area contributed by atoms with Crippen LogP contribution < -0.4 is 9.80 Å². The number of aliphatic hydroxyl groups excluding tert-OH is 1. The second-order valence-corrected chi connectivity index (χ2v) is 14.6. The Kier molecular flexibility index (Phi) is 9.65. The third-order valence-electron chi connectivity index (χ3n) is 9.98. The van der Waals surface area contributed by atoms with Crippen LogP contribution >= 0.6 is 23.4 Å². The first-order valence-corrected chi connectivity index (χ1v) is 17.3. The van der Waals surface area contributed by atoms with Crippen molar-refractivity contribution >= 4 is 52.5 Å². The topological polar surface area (TPSA) is 81.2 Å². The van der Waals surface area contributed by atoms with Crippen molar-refractivity contribution in [2.24, 2.45) is 17.8 Å². The number of amides is 3. The standard InChI is InChI=1S/C38H40ClN3O4S/c1-4-20-40(28-14-10-7-11-15-28)35(44)32-31-22-25(3)38(47-31)33(32)36(45)42(30(24-43)23-26-12-8-6-9-13-26)34(38)37(46)41(21-5-2)29-18-16-27(39)17-19-29/h4-19,25,30-34,43H,1-2,20-24H2,3H3/t25?,30-,31+,32-,33+,34?,38?/m1/s1. The number of fused-ring (bicyclic) bond motifs is 1. The first kappa shape index (κ1) is 33.1. The Morgan fingerprint density at radius 3 is 2.13 bits per heavy atom. The van der Waals surface area contributed by atoms with Crippen LogP contribution in [0.2, 0.25) is 5.02 Å². The van der Waals surface area contributed by atoms with Gasteiger partial charge >= 0.3 is 0 Å². The van der Waals surface area contributed by atoms with E-state index in [4.69, 9.17) is 11.6 Å². The van der Waals surface area contributed by atoms with Gasteiger partial charge in [0.05, 0.1) is 29.2 Å². The molecule has 3 saturated heterocycles. The van der Waals surface area contributed by atoms with Crippen molar-refractivity contribution in [2.45, 2.75) is 41.8 Å². The van der Waals surface area contributed by atoms with E-state index in [1.165, 1.54) is 0 Å².